The monoisotopic (exact) mass is 349 g/mol. The molecule has 26 heavy (non-hydrogen) atoms. The van der Waals surface area contributed by atoms with Gasteiger partial charge in [-0.1, -0.05) is 24.3 Å². The van der Waals surface area contributed by atoms with Crippen molar-refractivity contribution in [3.8, 4) is 17.2 Å². The lowest BCUT2D eigenvalue weighted by Crippen LogP contribution is -2.14. The third-order valence-electron chi connectivity index (χ3n) is 3.49. The van der Waals surface area contributed by atoms with Gasteiger partial charge < -0.3 is 14.6 Å². The Balaban J connectivity index is 1.83. The zero-order valence-corrected chi connectivity index (χ0v) is 13.9. The Morgan fingerprint density at radius 2 is 1.54 bits per heavy atom. The number of benzene rings is 2. The van der Waals surface area contributed by atoms with Gasteiger partial charge in [0.2, 0.25) is 0 Å². The van der Waals surface area contributed by atoms with Gasteiger partial charge in [0, 0.05) is 6.20 Å². The first-order valence-corrected chi connectivity index (χ1v) is 7.77. The van der Waals surface area contributed by atoms with Crippen molar-refractivity contribution in [2.45, 2.75) is 6.92 Å². The Hall–Kier alpha value is -3.67. The van der Waals surface area contributed by atoms with Crippen molar-refractivity contribution in [2.75, 3.05) is 0 Å². The summed E-state index contributed by atoms with van der Waals surface area (Å²) in [5, 5.41) is 9.76. The van der Waals surface area contributed by atoms with Crippen LogP contribution < -0.4 is 9.47 Å². The fraction of sp³-hybridized carbons (Fsp3) is 0.0500. The van der Waals surface area contributed by atoms with Gasteiger partial charge >= 0.3 is 11.9 Å². The van der Waals surface area contributed by atoms with E-state index < -0.39 is 11.9 Å². The molecule has 1 heterocycles. The minimum Gasteiger partial charge on any atom is -0.507 e. The summed E-state index contributed by atoms with van der Waals surface area (Å²) in [7, 11) is 0. The molecule has 1 aromatic heterocycles. The molecule has 0 aliphatic carbocycles. The van der Waals surface area contributed by atoms with Crippen LogP contribution >= 0.6 is 0 Å². The molecule has 0 amide bonds. The van der Waals surface area contributed by atoms with Crippen molar-refractivity contribution in [3.63, 3.8) is 0 Å². The van der Waals surface area contributed by atoms with Crippen LogP contribution in [0.15, 0.2) is 67.0 Å². The van der Waals surface area contributed by atoms with Gasteiger partial charge in [-0.05, 0) is 42.8 Å². The fourth-order valence-electron chi connectivity index (χ4n) is 2.27. The van der Waals surface area contributed by atoms with E-state index >= 15 is 0 Å². The van der Waals surface area contributed by atoms with E-state index in [1.807, 2.05) is 6.92 Å². The summed E-state index contributed by atoms with van der Waals surface area (Å²) in [6, 6.07) is 13.9. The van der Waals surface area contributed by atoms with Crippen LogP contribution in [0.4, 0.5) is 0 Å². The van der Waals surface area contributed by atoms with Crippen molar-refractivity contribution >= 4 is 11.9 Å². The van der Waals surface area contributed by atoms with Crippen LogP contribution in [0.2, 0.25) is 0 Å². The maximum atomic E-state index is 12.4. The van der Waals surface area contributed by atoms with Crippen molar-refractivity contribution in [1.29, 1.82) is 0 Å². The minimum atomic E-state index is -0.777. The zero-order chi connectivity index (χ0) is 18.5. The number of nitrogens with zero attached hydrogens (tertiary/aromatic N) is 1. The lowest BCUT2D eigenvalue weighted by molar-refractivity contribution is 0.0705. The second kappa shape index (κ2) is 7.48. The smallest absolute Gasteiger partial charge is 0.347 e. The SMILES string of the molecule is Cc1cncc(OC(=O)c2ccccc2OC(=O)c2ccccc2O)c1. The van der Waals surface area contributed by atoms with Gasteiger partial charge in [0.1, 0.15) is 28.4 Å². The molecule has 3 rings (SSSR count). The normalized spacial score (nSPS) is 10.2. The van der Waals surface area contributed by atoms with Gasteiger partial charge in [0.05, 0.1) is 6.20 Å². The van der Waals surface area contributed by atoms with Crippen LogP contribution in [-0.2, 0) is 0 Å². The number of hydrogen-bond acceptors (Lipinski definition) is 6. The molecular formula is C20H15NO5. The molecule has 130 valence electrons. The van der Waals surface area contributed by atoms with E-state index in [2.05, 4.69) is 4.98 Å². The number of ether oxygens (including phenoxy) is 2. The number of esters is 2. The minimum absolute atomic E-state index is 0.00134. The van der Waals surface area contributed by atoms with Crippen molar-refractivity contribution in [1.82, 2.24) is 4.98 Å². The Bertz CT molecular complexity index is 968. The van der Waals surface area contributed by atoms with E-state index in [1.54, 1.807) is 36.5 Å². The lowest BCUT2D eigenvalue weighted by Gasteiger charge is -2.10. The number of carbonyl (C=O) groups excluding carboxylic acids is 2. The van der Waals surface area contributed by atoms with Crippen molar-refractivity contribution < 1.29 is 24.2 Å². The van der Waals surface area contributed by atoms with Crippen molar-refractivity contribution in [2.24, 2.45) is 0 Å². The number of phenolic OH excluding ortho intramolecular Hbond substituents is 1. The van der Waals surface area contributed by atoms with Crippen molar-refractivity contribution in [3.05, 3.63) is 83.7 Å². The van der Waals surface area contributed by atoms with Gasteiger partial charge in [-0.2, -0.15) is 0 Å². The summed E-state index contributed by atoms with van der Waals surface area (Å²) in [6.07, 6.45) is 3.06. The lowest BCUT2D eigenvalue weighted by atomic mass is 10.2. The standard InChI is InChI=1S/C20H15NO5/c1-13-10-14(12-21-11-13)25-20(24)16-7-3-5-9-18(16)26-19(23)15-6-2-4-8-17(15)22/h2-12,22H,1H3. The van der Waals surface area contributed by atoms with E-state index in [4.69, 9.17) is 9.47 Å². The predicted octanol–water partition coefficient (Wildman–Crippen LogP) is 3.53. The molecule has 2 aromatic carbocycles. The highest BCUT2D eigenvalue weighted by atomic mass is 16.6. The Kier molecular flexibility index (Phi) is 4.94. The summed E-state index contributed by atoms with van der Waals surface area (Å²) in [5.74, 6) is -1.34. The van der Waals surface area contributed by atoms with E-state index in [0.717, 1.165) is 5.56 Å². The summed E-state index contributed by atoms with van der Waals surface area (Å²) in [5.41, 5.74) is 0.922. The molecule has 0 saturated carbocycles. The average Bonchev–Trinajstić information content (AvgIpc) is 2.62. The number of hydrogen-bond donors (Lipinski definition) is 1. The number of phenols is 1. The molecule has 0 spiro atoms. The molecule has 6 heteroatoms. The summed E-state index contributed by atoms with van der Waals surface area (Å²) in [6.45, 7) is 1.83. The van der Waals surface area contributed by atoms with E-state index in [9.17, 15) is 14.7 Å². The Morgan fingerprint density at radius 3 is 2.27 bits per heavy atom. The van der Waals surface area contributed by atoms with Gasteiger partial charge in [-0.25, -0.2) is 9.59 Å². The van der Waals surface area contributed by atoms with E-state index in [-0.39, 0.29) is 28.4 Å². The number of aromatic nitrogens is 1. The molecule has 0 fully saturated rings. The summed E-state index contributed by atoms with van der Waals surface area (Å²) >= 11 is 0. The third-order valence-corrected chi connectivity index (χ3v) is 3.49. The predicted molar refractivity (Wildman–Crippen MR) is 93.4 cm³/mol. The second-order valence-electron chi connectivity index (χ2n) is 5.49. The number of aryl methyl sites for hydroxylation is 1. The number of pyridine rings is 1. The molecular weight excluding hydrogens is 334 g/mol. The van der Waals surface area contributed by atoms with Crippen LogP contribution in [0.25, 0.3) is 0 Å². The first kappa shape index (κ1) is 17.2. The molecule has 0 bridgehead atoms. The maximum Gasteiger partial charge on any atom is 0.347 e. The molecule has 0 atom stereocenters. The number of aromatic hydroxyl groups is 1. The third kappa shape index (κ3) is 3.87. The van der Waals surface area contributed by atoms with E-state index in [1.165, 1.54) is 30.5 Å². The molecule has 0 saturated heterocycles. The largest absolute Gasteiger partial charge is 0.507 e. The first-order chi connectivity index (χ1) is 12.5. The highest BCUT2D eigenvalue weighted by Gasteiger charge is 2.19. The maximum absolute atomic E-state index is 12.4. The van der Waals surface area contributed by atoms with Gasteiger partial charge in [-0.15, -0.1) is 0 Å². The van der Waals surface area contributed by atoms with Gasteiger partial charge in [0.25, 0.3) is 0 Å². The highest BCUT2D eigenvalue weighted by molar-refractivity contribution is 5.98. The van der Waals surface area contributed by atoms with Gasteiger partial charge in [-0.3, -0.25) is 4.98 Å². The summed E-state index contributed by atoms with van der Waals surface area (Å²) in [4.78, 5) is 28.7. The Morgan fingerprint density at radius 1 is 0.885 bits per heavy atom. The molecule has 0 unspecified atom stereocenters. The molecule has 1 N–H and O–H groups in total. The fourth-order valence-corrected chi connectivity index (χ4v) is 2.27. The molecule has 0 aliphatic heterocycles. The molecule has 6 nitrogen and oxygen atoms in total. The van der Waals surface area contributed by atoms with Crippen LogP contribution in [0, 0.1) is 6.92 Å². The highest BCUT2D eigenvalue weighted by Crippen LogP contribution is 2.24. The Labute approximate surface area is 149 Å². The zero-order valence-electron chi connectivity index (χ0n) is 13.9. The van der Waals surface area contributed by atoms with Crippen LogP contribution in [-0.4, -0.2) is 22.0 Å². The summed E-state index contributed by atoms with van der Waals surface area (Å²) < 4.78 is 10.6. The van der Waals surface area contributed by atoms with Crippen LogP contribution in [0.3, 0.4) is 0 Å². The molecule has 0 radical (unpaired) electrons. The molecule has 3 aromatic rings. The van der Waals surface area contributed by atoms with E-state index in [0.29, 0.717) is 0 Å². The average molecular weight is 349 g/mol. The first-order valence-electron chi connectivity index (χ1n) is 7.77. The molecule has 0 aliphatic rings. The van der Waals surface area contributed by atoms with Crippen LogP contribution in [0.5, 0.6) is 17.2 Å². The second-order valence-corrected chi connectivity index (χ2v) is 5.49. The van der Waals surface area contributed by atoms with Crippen LogP contribution in [0.1, 0.15) is 26.3 Å². The number of rotatable bonds is 4. The quantitative estimate of drug-likeness (QED) is 0.573. The number of carbonyl (C=O) groups is 2. The number of para-hydroxylation sites is 2. The van der Waals surface area contributed by atoms with Gasteiger partial charge in [0.15, 0.2) is 0 Å². The topological polar surface area (TPSA) is 85.7 Å².